The van der Waals surface area contributed by atoms with Crippen LogP contribution in [0, 0.1) is 20.8 Å². The van der Waals surface area contributed by atoms with E-state index in [4.69, 9.17) is 0 Å². The molecule has 0 aliphatic carbocycles. The van der Waals surface area contributed by atoms with E-state index >= 15 is 0 Å². The van der Waals surface area contributed by atoms with Gasteiger partial charge in [-0.25, -0.2) is 0 Å². The predicted molar refractivity (Wildman–Crippen MR) is 88.5 cm³/mol. The SMILES string of the molecule is C/C=C/N=Cc1ccc(-c2c(C)cc(C)cc2C)cc1. The van der Waals surface area contributed by atoms with Crippen molar-refractivity contribution < 1.29 is 0 Å². The third kappa shape index (κ3) is 3.24. The molecular formula is C19H21N. The molecule has 2 aromatic rings. The van der Waals surface area contributed by atoms with E-state index in [0.29, 0.717) is 0 Å². The Labute approximate surface area is 121 Å². The molecule has 102 valence electrons. The number of rotatable bonds is 3. The zero-order valence-electron chi connectivity index (χ0n) is 12.6. The van der Waals surface area contributed by atoms with Crippen LogP contribution in [0.5, 0.6) is 0 Å². The standard InChI is InChI=1S/C19H21N/c1-5-10-20-13-17-6-8-18(9-7-17)19-15(3)11-14(2)12-16(19)4/h5-13H,1-4H3/b10-5+,20-13?. The van der Waals surface area contributed by atoms with Gasteiger partial charge >= 0.3 is 0 Å². The Morgan fingerprint density at radius 3 is 2.05 bits per heavy atom. The third-order valence-corrected chi connectivity index (χ3v) is 3.34. The lowest BCUT2D eigenvalue weighted by Crippen LogP contribution is -1.90. The van der Waals surface area contributed by atoms with Gasteiger partial charge < -0.3 is 0 Å². The van der Waals surface area contributed by atoms with Crippen LogP contribution >= 0.6 is 0 Å². The maximum Gasteiger partial charge on any atom is 0.0340 e. The monoisotopic (exact) mass is 263 g/mol. The van der Waals surface area contributed by atoms with Crippen LogP contribution in [0.2, 0.25) is 0 Å². The Morgan fingerprint density at radius 1 is 0.900 bits per heavy atom. The molecule has 0 unspecified atom stereocenters. The van der Waals surface area contributed by atoms with E-state index in [1.807, 2.05) is 19.2 Å². The Bertz CT molecular complexity index is 623. The summed E-state index contributed by atoms with van der Waals surface area (Å²) >= 11 is 0. The molecule has 0 heterocycles. The largest absolute Gasteiger partial charge is 0.264 e. The lowest BCUT2D eigenvalue weighted by Gasteiger charge is -2.11. The fraction of sp³-hybridized carbons (Fsp3) is 0.211. The highest BCUT2D eigenvalue weighted by Gasteiger charge is 2.06. The van der Waals surface area contributed by atoms with Gasteiger partial charge in [-0.1, -0.05) is 48.0 Å². The number of allylic oxidation sites excluding steroid dienone is 1. The highest BCUT2D eigenvalue weighted by molar-refractivity contribution is 5.82. The number of aryl methyl sites for hydroxylation is 3. The highest BCUT2D eigenvalue weighted by Crippen LogP contribution is 2.28. The van der Waals surface area contributed by atoms with Crippen molar-refractivity contribution in [1.82, 2.24) is 0 Å². The first kappa shape index (κ1) is 14.3. The van der Waals surface area contributed by atoms with Gasteiger partial charge in [0.1, 0.15) is 0 Å². The van der Waals surface area contributed by atoms with Crippen LogP contribution in [0.25, 0.3) is 11.1 Å². The zero-order valence-corrected chi connectivity index (χ0v) is 12.6. The molecule has 20 heavy (non-hydrogen) atoms. The molecule has 1 nitrogen and oxygen atoms in total. The molecule has 0 saturated carbocycles. The maximum absolute atomic E-state index is 4.20. The van der Waals surface area contributed by atoms with E-state index in [2.05, 4.69) is 62.2 Å². The molecule has 0 aromatic heterocycles. The van der Waals surface area contributed by atoms with E-state index in [-0.39, 0.29) is 0 Å². The van der Waals surface area contributed by atoms with E-state index in [1.54, 1.807) is 6.20 Å². The van der Waals surface area contributed by atoms with Crippen molar-refractivity contribution >= 4 is 6.21 Å². The number of benzene rings is 2. The second-order valence-electron chi connectivity index (χ2n) is 5.16. The van der Waals surface area contributed by atoms with Gasteiger partial charge in [-0.3, -0.25) is 4.99 Å². The lowest BCUT2D eigenvalue weighted by atomic mass is 9.93. The summed E-state index contributed by atoms with van der Waals surface area (Å²) in [6, 6.07) is 13.0. The molecular weight excluding hydrogens is 242 g/mol. The minimum Gasteiger partial charge on any atom is -0.264 e. The maximum atomic E-state index is 4.20. The summed E-state index contributed by atoms with van der Waals surface area (Å²) in [5.41, 5.74) is 7.71. The van der Waals surface area contributed by atoms with Gasteiger partial charge in [-0.05, 0) is 55.5 Å². The molecule has 0 amide bonds. The normalized spacial score (nSPS) is 11.6. The number of aliphatic imine (C=N–C) groups is 1. The molecule has 0 N–H and O–H groups in total. The highest BCUT2D eigenvalue weighted by atomic mass is 14.7. The molecule has 1 heteroatoms. The quantitative estimate of drug-likeness (QED) is 0.672. The van der Waals surface area contributed by atoms with Crippen molar-refractivity contribution in [3.63, 3.8) is 0 Å². The summed E-state index contributed by atoms with van der Waals surface area (Å²) < 4.78 is 0. The molecule has 2 aromatic carbocycles. The first-order valence-electron chi connectivity index (χ1n) is 6.94. The lowest BCUT2D eigenvalue weighted by molar-refractivity contribution is 1.32. The van der Waals surface area contributed by atoms with Gasteiger partial charge in [0.25, 0.3) is 0 Å². The number of hydrogen-bond acceptors (Lipinski definition) is 1. The molecule has 0 spiro atoms. The van der Waals surface area contributed by atoms with Crippen LogP contribution in [-0.2, 0) is 0 Å². The minimum absolute atomic E-state index is 1.12. The van der Waals surface area contributed by atoms with E-state index < -0.39 is 0 Å². The summed E-state index contributed by atoms with van der Waals surface area (Å²) in [5.74, 6) is 0. The molecule has 0 aliphatic heterocycles. The van der Waals surface area contributed by atoms with Crippen molar-refractivity contribution in [2.45, 2.75) is 27.7 Å². The average Bonchev–Trinajstić information content (AvgIpc) is 2.39. The molecule has 0 radical (unpaired) electrons. The van der Waals surface area contributed by atoms with Crippen LogP contribution in [0.3, 0.4) is 0 Å². The third-order valence-electron chi connectivity index (χ3n) is 3.34. The Morgan fingerprint density at radius 2 is 1.50 bits per heavy atom. The molecule has 0 saturated heterocycles. The fourth-order valence-corrected chi connectivity index (χ4v) is 2.59. The molecule has 0 aliphatic rings. The molecule has 0 bridgehead atoms. The van der Waals surface area contributed by atoms with Gasteiger partial charge in [0, 0.05) is 12.4 Å². The van der Waals surface area contributed by atoms with Crippen LogP contribution in [0.15, 0.2) is 53.7 Å². The van der Waals surface area contributed by atoms with Crippen molar-refractivity contribution in [1.29, 1.82) is 0 Å². The topological polar surface area (TPSA) is 12.4 Å². The smallest absolute Gasteiger partial charge is 0.0340 e. The van der Waals surface area contributed by atoms with Crippen LogP contribution < -0.4 is 0 Å². The van der Waals surface area contributed by atoms with Gasteiger partial charge in [-0.15, -0.1) is 0 Å². The summed E-state index contributed by atoms with van der Waals surface area (Å²) in [7, 11) is 0. The Kier molecular flexibility index (Phi) is 4.52. The van der Waals surface area contributed by atoms with Crippen molar-refractivity contribution in [3.05, 3.63) is 70.9 Å². The number of hydrogen-bond donors (Lipinski definition) is 0. The van der Waals surface area contributed by atoms with Crippen molar-refractivity contribution in [2.75, 3.05) is 0 Å². The van der Waals surface area contributed by atoms with Crippen LogP contribution in [0.4, 0.5) is 0 Å². The minimum atomic E-state index is 1.12. The van der Waals surface area contributed by atoms with E-state index in [1.165, 1.54) is 27.8 Å². The van der Waals surface area contributed by atoms with E-state index in [9.17, 15) is 0 Å². The summed E-state index contributed by atoms with van der Waals surface area (Å²) in [6.45, 7) is 8.46. The van der Waals surface area contributed by atoms with Crippen LogP contribution in [-0.4, -0.2) is 6.21 Å². The Hall–Kier alpha value is -2.15. The summed E-state index contributed by atoms with van der Waals surface area (Å²) in [4.78, 5) is 4.20. The first-order valence-corrected chi connectivity index (χ1v) is 6.94. The zero-order chi connectivity index (χ0) is 14.5. The molecule has 2 rings (SSSR count). The van der Waals surface area contributed by atoms with Gasteiger partial charge in [0.05, 0.1) is 0 Å². The van der Waals surface area contributed by atoms with Gasteiger partial charge in [-0.2, -0.15) is 0 Å². The van der Waals surface area contributed by atoms with Crippen LogP contribution in [0.1, 0.15) is 29.2 Å². The molecule has 0 atom stereocenters. The second-order valence-corrected chi connectivity index (χ2v) is 5.16. The average molecular weight is 263 g/mol. The van der Waals surface area contributed by atoms with Crippen molar-refractivity contribution in [3.8, 4) is 11.1 Å². The van der Waals surface area contributed by atoms with Gasteiger partial charge in [0.2, 0.25) is 0 Å². The van der Waals surface area contributed by atoms with Gasteiger partial charge in [0.15, 0.2) is 0 Å². The summed E-state index contributed by atoms with van der Waals surface area (Å²) in [5, 5.41) is 0. The number of nitrogens with zero attached hydrogens (tertiary/aromatic N) is 1. The van der Waals surface area contributed by atoms with E-state index in [0.717, 1.165) is 5.56 Å². The summed E-state index contributed by atoms with van der Waals surface area (Å²) in [6.07, 6.45) is 5.59. The molecule has 0 fully saturated rings. The second kappa shape index (κ2) is 6.33. The first-order chi connectivity index (χ1) is 9.61. The predicted octanol–water partition coefficient (Wildman–Crippen LogP) is 5.23. The fourth-order valence-electron chi connectivity index (χ4n) is 2.59. The Balaban J connectivity index is 2.35. The van der Waals surface area contributed by atoms with Crippen molar-refractivity contribution in [2.24, 2.45) is 4.99 Å².